The van der Waals surface area contributed by atoms with E-state index in [-0.39, 0.29) is 12.5 Å². The molecule has 5 heteroatoms. The fourth-order valence-corrected chi connectivity index (χ4v) is 2.01. The van der Waals surface area contributed by atoms with Crippen molar-refractivity contribution in [3.8, 4) is 0 Å². The summed E-state index contributed by atoms with van der Waals surface area (Å²) in [6.45, 7) is 4.09. The highest BCUT2D eigenvalue weighted by atomic mass is 16.2. The van der Waals surface area contributed by atoms with Gasteiger partial charge >= 0.3 is 0 Å². The molecule has 0 unspecified atom stereocenters. The lowest BCUT2D eigenvalue weighted by Crippen LogP contribution is -2.20. The molecule has 106 valence electrons. The van der Waals surface area contributed by atoms with Crippen LogP contribution in [0.25, 0.3) is 0 Å². The second-order valence-corrected chi connectivity index (χ2v) is 5.07. The van der Waals surface area contributed by atoms with Crippen LogP contribution in [-0.2, 0) is 11.3 Å². The summed E-state index contributed by atoms with van der Waals surface area (Å²) in [5, 5.41) is 7.15. The van der Waals surface area contributed by atoms with E-state index in [0.717, 1.165) is 22.8 Å². The first-order valence-corrected chi connectivity index (χ1v) is 6.54. The Kier molecular flexibility index (Phi) is 4.08. The van der Waals surface area contributed by atoms with Crippen LogP contribution < -0.4 is 10.2 Å². The highest BCUT2D eigenvalue weighted by Crippen LogP contribution is 2.15. The molecule has 1 amide bonds. The van der Waals surface area contributed by atoms with Crippen molar-refractivity contribution >= 4 is 17.3 Å². The van der Waals surface area contributed by atoms with Gasteiger partial charge in [0, 0.05) is 31.2 Å². The number of aromatic nitrogens is 2. The molecule has 0 saturated heterocycles. The average Bonchev–Trinajstić information content (AvgIpc) is 2.68. The molecule has 1 N–H and O–H groups in total. The maximum absolute atomic E-state index is 12.0. The van der Waals surface area contributed by atoms with Gasteiger partial charge in [-0.1, -0.05) is 0 Å². The fraction of sp³-hybridized carbons (Fsp3) is 0.333. The lowest BCUT2D eigenvalue weighted by Gasteiger charge is -2.13. The van der Waals surface area contributed by atoms with E-state index in [1.165, 1.54) is 0 Å². The van der Waals surface area contributed by atoms with Crippen LogP contribution in [0.2, 0.25) is 0 Å². The Bertz CT molecular complexity index is 599. The Morgan fingerprint density at radius 3 is 2.40 bits per heavy atom. The van der Waals surface area contributed by atoms with E-state index in [1.54, 1.807) is 4.68 Å². The number of rotatable bonds is 4. The summed E-state index contributed by atoms with van der Waals surface area (Å²) in [7, 11) is 3.97. The Hall–Kier alpha value is -2.30. The summed E-state index contributed by atoms with van der Waals surface area (Å²) in [5.74, 6) is -0.0752. The van der Waals surface area contributed by atoms with Gasteiger partial charge in [-0.3, -0.25) is 9.48 Å². The van der Waals surface area contributed by atoms with Crippen molar-refractivity contribution in [3.05, 3.63) is 41.7 Å². The SMILES string of the molecule is Cc1cc(C)n(CC(=O)Nc2ccc(N(C)C)cc2)n1. The number of benzene rings is 1. The number of nitrogens with one attached hydrogen (secondary N) is 1. The zero-order valence-electron chi connectivity index (χ0n) is 12.3. The van der Waals surface area contributed by atoms with E-state index in [0.29, 0.717) is 0 Å². The molecule has 0 saturated carbocycles. The number of nitrogens with zero attached hydrogens (tertiary/aromatic N) is 3. The molecule has 1 aromatic carbocycles. The van der Waals surface area contributed by atoms with Crippen molar-refractivity contribution in [2.24, 2.45) is 0 Å². The minimum Gasteiger partial charge on any atom is -0.378 e. The van der Waals surface area contributed by atoms with Crippen LogP contribution in [0.3, 0.4) is 0 Å². The Morgan fingerprint density at radius 1 is 1.25 bits per heavy atom. The third-order valence-electron chi connectivity index (χ3n) is 3.06. The van der Waals surface area contributed by atoms with Gasteiger partial charge in [0.15, 0.2) is 0 Å². The lowest BCUT2D eigenvalue weighted by atomic mass is 10.2. The molecule has 0 aliphatic carbocycles. The van der Waals surface area contributed by atoms with Gasteiger partial charge in [-0.05, 0) is 44.2 Å². The van der Waals surface area contributed by atoms with E-state index in [1.807, 2.05) is 63.2 Å². The van der Waals surface area contributed by atoms with E-state index in [4.69, 9.17) is 0 Å². The second-order valence-electron chi connectivity index (χ2n) is 5.07. The molecule has 2 aromatic rings. The van der Waals surface area contributed by atoms with Crippen molar-refractivity contribution in [2.75, 3.05) is 24.3 Å². The van der Waals surface area contributed by atoms with Gasteiger partial charge in [0.1, 0.15) is 6.54 Å². The van der Waals surface area contributed by atoms with Crippen LogP contribution >= 0.6 is 0 Å². The topological polar surface area (TPSA) is 50.2 Å². The smallest absolute Gasteiger partial charge is 0.246 e. The van der Waals surface area contributed by atoms with Gasteiger partial charge < -0.3 is 10.2 Å². The van der Waals surface area contributed by atoms with E-state index >= 15 is 0 Å². The molecule has 0 aliphatic heterocycles. The van der Waals surface area contributed by atoms with Crippen LogP contribution in [0, 0.1) is 13.8 Å². The Morgan fingerprint density at radius 2 is 1.90 bits per heavy atom. The van der Waals surface area contributed by atoms with E-state index in [9.17, 15) is 4.79 Å². The number of hydrogen-bond donors (Lipinski definition) is 1. The van der Waals surface area contributed by atoms with Crippen LogP contribution in [0.4, 0.5) is 11.4 Å². The number of aryl methyl sites for hydroxylation is 2. The summed E-state index contributed by atoms with van der Waals surface area (Å²) in [6, 6.07) is 9.69. The molecule has 0 radical (unpaired) electrons. The maximum atomic E-state index is 12.0. The zero-order chi connectivity index (χ0) is 14.7. The number of carbonyl (C=O) groups excluding carboxylic acids is 1. The normalized spacial score (nSPS) is 10.4. The minimum atomic E-state index is -0.0752. The minimum absolute atomic E-state index is 0.0752. The number of hydrogen-bond acceptors (Lipinski definition) is 3. The summed E-state index contributed by atoms with van der Waals surface area (Å²) in [6.07, 6.45) is 0. The summed E-state index contributed by atoms with van der Waals surface area (Å²) in [4.78, 5) is 14.0. The van der Waals surface area contributed by atoms with E-state index < -0.39 is 0 Å². The van der Waals surface area contributed by atoms with Gasteiger partial charge in [0.05, 0.1) is 5.69 Å². The van der Waals surface area contributed by atoms with Crippen LogP contribution in [-0.4, -0.2) is 29.8 Å². The molecule has 0 aliphatic rings. The summed E-state index contributed by atoms with van der Waals surface area (Å²) in [5.41, 5.74) is 3.80. The first-order chi connectivity index (χ1) is 9.45. The van der Waals surface area contributed by atoms with Gasteiger partial charge in [-0.2, -0.15) is 5.10 Å². The highest BCUT2D eigenvalue weighted by Gasteiger charge is 2.07. The first kappa shape index (κ1) is 14.1. The molecule has 5 nitrogen and oxygen atoms in total. The molecule has 0 atom stereocenters. The quantitative estimate of drug-likeness (QED) is 0.928. The molecule has 2 rings (SSSR count). The van der Waals surface area contributed by atoms with Gasteiger partial charge in [-0.25, -0.2) is 0 Å². The van der Waals surface area contributed by atoms with Gasteiger partial charge in [0.25, 0.3) is 0 Å². The Labute approximate surface area is 119 Å². The number of anilines is 2. The van der Waals surface area contributed by atoms with Gasteiger partial charge in [-0.15, -0.1) is 0 Å². The largest absolute Gasteiger partial charge is 0.378 e. The van der Waals surface area contributed by atoms with Crippen molar-refractivity contribution in [2.45, 2.75) is 20.4 Å². The third kappa shape index (κ3) is 3.38. The van der Waals surface area contributed by atoms with Crippen molar-refractivity contribution in [3.63, 3.8) is 0 Å². The third-order valence-corrected chi connectivity index (χ3v) is 3.06. The van der Waals surface area contributed by atoms with Crippen LogP contribution in [0.1, 0.15) is 11.4 Å². The van der Waals surface area contributed by atoms with Crippen LogP contribution in [0.5, 0.6) is 0 Å². The predicted octanol–water partition coefficient (Wildman–Crippen LogP) is 2.20. The molecule has 1 heterocycles. The molecule has 0 fully saturated rings. The van der Waals surface area contributed by atoms with Crippen LogP contribution in [0.15, 0.2) is 30.3 Å². The molecule has 0 spiro atoms. The maximum Gasteiger partial charge on any atom is 0.246 e. The molecule has 20 heavy (non-hydrogen) atoms. The standard InChI is InChI=1S/C15H20N4O/c1-11-9-12(2)19(17-11)10-15(20)16-13-5-7-14(8-6-13)18(3)4/h5-9H,10H2,1-4H3,(H,16,20). The zero-order valence-corrected chi connectivity index (χ0v) is 12.3. The lowest BCUT2D eigenvalue weighted by molar-refractivity contribution is -0.116. The molecular formula is C15H20N4O. The summed E-state index contributed by atoms with van der Waals surface area (Å²) >= 11 is 0. The van der Waals surface area contributed by atoms with Gasteiger partial charge in [0.2, 0.25) is 5.91 Å². The van der Waals surface area contributed by atoms with Crippen molar-refractivity contribution in [1.29, 1.82) is 0 Å². The number of carbonyl (C=O) groups is 1. The fourth-order valence-electron chi connectivity index (χ4n) is 2.01. The Balaban J connectivity index is 1.99. The monoisotopic (exact) mass is 272 g/mol. The average molecular weight is 272 g/mol. The molecule has 0 bridgehead atoms. The summed E-state index contributed by atoms with van der Waals surface area (Å²) < 4.78 is 1.71. The predicted molar refractivity (Wildman–Crippen MR) is 81.1 cm³/mol. The van der Waals surface area contributed by atoms with Crippen molar-refractivity contribution in [1.82, 2.24) is 9.78 Å². The van der Waals surface area contributed by atoms with Crippen molar-refractivity contribution < 1.29 is 4.79 Å². The van der Waals surface area contributed by atoms with E-state index in [2.05, 4.69) is 10.4 Å². The number of amides is 1. The molecule has 1 aromatic heterocycles. The first-order valence-electron chi connectivity index (χ1n) is 6.54. The molecular weight excluding hydrogens is 252 g/mol. The highest BCUT2D eigenvalue weighted by molar-refractivity contribution is 5.90. The second kappa shape index (κ2) is 5.77.